The van der Waals surface area contributed by atoms with Gasteiger partial charge in [0.15, 0.2) is 12.2 Å². The number of phosphoric ester groups is 2. The van der Waals surface area contributed by atoms with Crippen molar-refractivity contribution in [2.45, 2.75) is 380 Å². The molecule has 3 N–H and O–H groups in total. The van der Waals surface area contributed by atoms with Crippen molar-refractivity contribution in [3.8, 4) is 0 Å². The third-order valence-corrected chi connectivity index (χ3v) is 18.9. The molecule has 0 saturated carbocycles. The Morgan fingerprint density at radius 2 is 0.500 bits per heavy atom. The number of rotatable bonds is 75. The van der Waals surface area contributed by atoms with Crippen LogP contribution in [0.1, 0.15) is 362 Å². The van der Waals surface area contributed by atoms with Crippen LogP contribution in [0.5, 0.6) is 0 Å². The smallest absolute Gasteiger partial charge is 0.462 e. The Hall–Kier alpha value is -3.24. The van der Waals surface area contributed by atoms with E-state index in [-0.39, 0.29) is 25.7 Å². The normalized spacial score (nSPS) is 14.2. The van der Waals surface area contributed by atoms with Crippen LogP contribution >= 0.6 is 15.6 Å². The monoisotopic (exact) mass is 1430 g/mol. The first-order valence-electron chi connectivity index (χ1n) is 39.6. The molecule has 0 aliphatic rings. The molecule has 19 heteroatoms. The van der Waals surface area contributed by atoms with Crippen LogP contribution in [0.3, 0.4) is 0 Å². The number of hydrogen-bond acceptors (Lipinski definition) is 15. The van der Waals surface area contributed by atoms with Crippen LogP contribution in [0.15, 0.2) is 60.8 Å². The molecule has 0 amide bonds. The van der Waals surface area contributed by atoms with Gasteiger partial charge in [-0.15, -0.1) is 0 Å². The second-order valence-electron chi connectivity index (χ2n) is 26.7. The summed E-state index contributed by atoms with van der Waals surface area (Å²) >= 11 is 0. The van der Waals surface area contributed by atoms with E-state index in [1.165, 1.54) is 141 Å². The Morgan fingerprint density at radius 3 is 0.776 bits per heavy atom. The lowest BCUT2D eigenvalue weighted by Crippen LogP contribution is -2.30. The average Bonchev–Trinajstić information content (AvgIpc) is 0.959. The van der Waals surface area contributed by atoms with Gasteiger partial charge in [0.05, 0.1) is 26.4 Å². The number of carbonyl (C=O) groups excluding carboxylic acids is 4. The van der Waals surface area contributed by atoms with E-state index in [0.29, 0.717) is 25.7 Å². The molecule has 17 nitrogen and oxygen atoms in total. The summed E-state index contributed by atoms with van der Waals surface area (Å²) in [6.07, 6.45) is 70.5. The summed E-state index contributed by atoms with van der Waals surface area (Å²) in [4.78, 5) is 72.9. The minimum absolute atomic E-state index is 0.0795. The number of hydrogen-bond donors (Lipinski definition) is 3. The molecule has 0 fully saturated rings. The standard InChI is InChI=1S/C79H144O17P2/c1-5-9-13-17-21-25-29-33-36-40-43-47-51-55-59-63-76(81)89-69-74(95-78(83)65-61-57-53-49-45-39-32-28-24-20-16-12-8-4)71-93-97(85,86)91-67-73(80)68-92-98(87,88)94-72-75(96-79(84)66-62-58-54-50-46-42-38-35-31-27-23-19-15-11-7-3)70-90-77(82)64-60-56-52-48-44-41-37-34-30-26-22-18-14-10-6-2/h25,27,29,31,33-38,73-75,80H,5-24,26,28,30,32,39-72H2,1-4H3,(H,85,86)(H,87,88)/b29-25-,31-27-,36-33-,37-34-,38-35-/t73-,74+,75+/m0/s1. The summed E-state index contributed by atoms with van der Waals surface area (Å²) < 4.78 is 68.5. The van der Waals surface area contributed by atoms with Crippen LogP contribution in [-0.4, -0.2) is 96.7 Å². The summed E-state index contributed by atoms with van der Waals surface area (Å²) in [6.45, 7) is 4.85. The zero-order chi connectivity index (χ0) is 71.8. The van der Waals surface area contributed by atoms with Crippen molar-refractivity contribution in [2.75, 3.05) is 39.6 Å². The van der Waals surface area contributed by atoms with Crippen LogP contribution in [0.4, 0.5) is 0 Å². The highest BCUT2D eigenvalue weighted by Gasteiger charge is 2.30. The van der Waals surface area contributed by atoms with E-state index in [1.807, 2.05) is 0 Å². The molecule has 0 aliphatic carbocycles. The van der Waals surface area contributed by atoms with Gasteiger partial charge >= 0.3 is 39.5 Å². The Kier molecular flexibility index (Phi) is 69.7. The van der Waals surface area contributed by atoms with Gasteiger partial charge in [-0.1, -0.05) is 294 Å². The second kappa shape index (κ2) is 72.1. The Labute approximate surface area is 597 Å². The lowest BCUT2D eigenvalue weighted by Gasteiger charge is -2.21. The van der Waals surface area contributed by atoms with Crippen molar-refractivity contribution in [1.82, 2.24) is 0 Å². The molecule has 0 heterocycles. The zero-order valence-electron chi connectivity index (χ0n) is 62.5. The zero-order valence-corrected chi connectivity index (χ0v) is 64.3. The summed E-state index contributed by atoms with van der Waals surface area (Å²) in [5, 5.41) is 10.6. The van der Waals surface area contributed by atoms with Gasteiger partial charge in [-0.25, -0.2) is 9.13 Å². The number of phosphoric acid groups is 2. The molecule has 0 aromatic heterocycles. The number of unbranched alkanes of at least 4 members (excludes halogenated alkanes) is 41. The van der Waals surface area contributed by atoms with Crippen LogP contribution < -0.4 is 0 Å². The molecular weight excluding hydrogens is 1280 g/mol. The van der Waals surface area contributed by atoms with Crippen LogP contribution in [0.25, 0.3) is 0 Å². The molecule has 98 heavy (non-hydrogen) atoms. The first kappa shape index (κ1) is 94.8. The van der Waals surface area contributed by atoms with Crippen molar-refractivity contribution < 1.29 is 80.2 Å². The highest BCUT2D eigenvalue weighted by Crippen LogP contribution is 2.45. The van der Waals surface area contributed by atoms with Gasteiger partial charge in [0.1, 0.15) is 19.3 Å². The Balaban J connectivity index is 5.35. The predicted molar refractivity (Wildman–Crippen MR) is 400 cm³/mol. The van der Waals surface area contributed by atoms with Crippen molar-refractivity contribution in [1.29, 1.82) is 0 Å². The van der Waals surface area contributed by atoms with E-state index in [0.717, 1.165) is 141 Å². The van der Waals surface area contributed by atoms with Gasteiger partial charge in [0.25, 0.3) is 0 Å². The van der Waals surface area contributed by atoms with Gasteiger partial charge in [-0.2, -0.15) is 0 Å². The molecule has 0 aliphatic heterocycles. The average molecular weight is 1430 g/mol. The predicted octanol–water partition coefficient (Wildman–Crippen LogP) is 22.7. The lowest BCUT2D eigenvalue weighted by atomic mass is 10.0. The summed E-state index contributed by atoms with van der Waals surface area (Å²) in [5.41, 5.74) is 0. The van der Waals surface area contributed by atoms with Gasteiger partial charge < -0.3 is 33.8 Å². The Morgan fingerprint density at radius 1 is 0.286 bits per heavy atom. The quantitative estimate of drug-likeness (QED) is 0.0128. The SMILES string of the molecule is CCCCCC/C=C\C=C/CCCCCCCC(=O)OC[C@H](COP(=O)(O)OC[C@H](O)COP(=O)(O)OC[C@@H](COC(=O)CCCCCCC/C=C\CCCCCCCC)OC(=O)CCCCCCC/C=C\C=C/CCCCCC)OC(=O)CCCCCCCCCCCCCCC. The van der Waals surface area contributed by atoms with Gasteiger partial charge in [-0.05, 0) is 103 Å². The Bertz CT molecular complexity index is 2100. The highest BCUT2D eigenvalue weighted by molar-refractivity contribution is 7.47. The van der Waals surface area contributed by atoms with Gasteiger partial charge in [-0.3, -0.25) is 37.3 Å². The van der Waals surface area contributed by atoms with Crippen molar-refractivity contribution in [2.24, 2.45) is 0 Å². The minimum atomic E-state index is -4.97. The molecule has 0 aromatic carbocycles. The number of aliphatic hydroxyl groups is 1. The van der Waals surface area contributed by atoms with E-state index in [9.17, 15) is 43.2 Å². The second-order valence-corrected chi connectivity index (χ2v) is 29.6. The molecular formula is C79H144O17P2. The molecule has 0 rings (SSSR count). The van der Waals surface area contributed by atoms with E-state index < -0.39 is 97.5 Å². The molecule has 5 atom stereocenters. The summed E-state index contributed by atoms with van der Waals surface area (Å²) in [7, 11) is -9.95. The molecule has 0 aromatic rings. The van der Waals surface area contributed by atoms with E-state index in [2.05, 4.69) is 88.5 Å². The largest absolute Gasteiger partial charge is 0.472 e. The fourth-order valence-electron chi connectivity index (χ4n) is 10.9. The van der Waals surface area contributed by atoms with Crippen LogP contribution in [0.2, 0.25) is 0 Å². The number of aliphatic hydroxyl groups excluding tert-OH is 1. The third-order valence-electron chi connectivity index (χ3n) is 17.0. The number of ether oxygens (including phenoxy) is 4. The highest BCUT2D eigenvalue weighted by atomic mass is 31.2. The van der Waals surface area contributed by atoms with Gasteiger partial charge in [0, 0.05) is 25.7 Å². The summed E-state index contributed by atoms with van der Waals surface area (Å²) in [6, 6.07) is 0. The molecule has 572 valence electrons. The first-order chi connectivity index (χ1) is 47.7. The minimum Gasteiger partial charge on any atom is -0.462 e. The fourth-order valence-corrected chi connectivity index (χ4v) is 12.5. The number of allylic oxidation sites excluding steroid dienone is 10. The van der Waals surface area contributed by atoms with E-state index in [4.69, 9.17) is 37.0 Å². The first-order valence-corrected chi connectivity index (χ1v) is 42.6. The molecule has 0 bridgehead atoms. The summed E-state index contributed by atoms with van der Waals surface area (Å²) in [5.74, 6) is -2.19. The fraction of sp³-hybridized carbons (Fsp3) is 0.823. The van der Waals surface area contributed by atoms with E-state index >= 15 is 0 Å². The maximum Gasteiger partial charge on any atom is 0.472 e. The van der Waals surface area contributed by atoms with Crippen LogP contribution in [0, 0.1) is 0 Å². The van der Waals surface area contributed by atoms with E-state index in [1.54, 1.807) is 0 Å². The van der Waals surface area contributed by atoms with Crippen molar-refractivity contribution >= 4 is 39.5 Å². The number of esters is 4. The molecule has 0 spiro atoms. The van der Waals surface area contributed by atoms with Crippen molar-refractivity contribution in [3.05, 3.63) is 60.8 Å². The number of carbonyl (C=O) groups is 4. The van der Waals surface area contributed by atoms with Crippen LogP contribution in [-0.2, 0) is 65.4 Å². The lowest BCUT2D eigenvalue weighted by molar-refractivity contribution is -0.161. The maximum atomic E-state index is 13.1. The van der Waals surface area contributed by atoms with Crippen molar-refractivity contribution in [3.63, 3.8) is 0 Å². The van der Waals surface area contributed by atoms with Gasteiger partial charge in [0.2, 0.25) is 0 Å². The molecule has 0 saturated heterocycles. The topological polar surface area (TPSA) is 237 Å². The third kappa shape index (κ3) is 71.2. The molecule has 0 radical (unpaired) electrons. The maximum absolute atomic E-state index is 13.1. The molecule has 2 unspecified atom stereocenters.